The average molecular weight is 441 g/mol. The molecule has 3 aromatic rings. The number of aromatic nitrogens is 2. The Labute approximate surface area is 183 Å². The Hall–Kier alpha value is -2.75. The van der Waals surface area contributed by atoms with Gasteiger partial charge in [0.15, 0.2) is 0 Å². The number of hydrogen-bond acceptors (Lipinski definition) is 7. The molecular formula is C22H24N4O4S. The van der Waals surface area contributed by atoms with Gasteiger partial charge in [-0.25, -0.2) is 4.98 Å². The summed E-state index contributed by atoms with van der Waals surface area (Å²) in [5.74, 6) is 0.293. The molecule has 0 radical (unpaired) electrons. The highest BCUT2D eigenvalue weighted by Crippen LogP contribution is 2.30. The first-order valence-electron chi connectivity index (χ1n) is 10.5. The van der Waals surface area contributed by atoms with Gasteiger partial charge < -0.3 is 14.0 Å². The minimum Gasteiger partial charge on any atom is -0.486 e. The minimum atomic E-state index is -0.375. The lowest BCUT2D eigenvalue weighted by atomic mass is 10.1. The lowest BCUT2D eigenvalue weighted by Gasteiger charge is -2.25. The van der Waals surface area contributed by atoms with Gasteiger partial charge in [0, 0.05) is 54.6 Å². The van der Waals surface area contributed by atoms with Crippen molar-refractivity contribution < 1.29 is 19.1 Å². The van der Waals surface area contributed by atoms with E-state index in [0.717, 1.165) is 60.1 Å². The molecule has 0 bridgehead atoms. The summed E-state index contributed by atoms with van der Waals surface area (Å²) in [6.45, 7) is 4.68. The third-order valence-corrected chi connectivity index (χ3v) is 6.55. The van der Waals surface area contributed by atoms with Crippen LogP contribution in [-0.4, -0.2) is 52.6 Å². The fourth-order valence-electron chi connectivity index (χ4n) is 4.05. The zero-order valence-electron chi connectivity index (χ0n) is 17.1. The molecule has 2 aliphatic rings. The SMILES string of the molecule is O=C1CCC(n2cc3cccc(OCc4nc(CN5CCOCC5)cs4)c3c2)C(=O)N1. The van der Waals surface area contributed by atoms with Crippen molar-refractivity contribution in [3.05, 3.63) is 46.7 Å². The van der Waals surface area contributed by atoms with Crippen molar-refractivity contribution in [2.45, 2.75) is 32.0 Å². The van der Waals surface area contributed by atoms with Crippen LogP contribution >= 0.6 is 11.3 Å². The summed E-state index contributed by atoms with van der Waals surface area (Å²) in [6, 6.07) is 5.49. The molecule has 2 saturated heterocycles. The minimum absolute atomic E-state index is 0.210. The van der Waals surface area contributed by atoms with Crippen molar-refractivity contribution in [2.75, 3.05) is 26.3 Å². The number of fused-ring (bicyclic) bond motifs is 1. The Morgan fingerprint density at radius 3 is 2.94 bits per heavy atom. The first-order chi connectivity index (χ1) is 15.2. The van der Waals surface area contributed by atoms with E-state index in [1.807, 2.05) is 35.2 Å². The first kappa shape index (κ1) is 20.2. The molecule has 1 N–H and O–H groups in total. The number of carbonyl (C=O) groups excluding carboxylic acids is 2. The number of benzene rings is 1. The molecule has 2 aliphatic heterocycles. The summed E-state index contributed by atoms with van der Waals surface area (Å²) in [6.07, 6.45) is 4.72. The van der Waals surface area contributed by atoms with E-state index in [2.05, 4.69) is 15.6 Å². The number of nitrogens with one attached hydrogen (secondary N) is 1. The number of rotatable bonds is 6. The maximum atomic E-state index is 12.2. The highest BCUT2D eigenvalue weighted by molar-refractivity contribution is 7.09. The highest BCUT2D eigenvalue weighted by atomic mass is 32.1. The molecule has 4 heterocycles. The summed E-state index contributed by atoms with van der Waals surface area (Å²) >= 11 is 1.61. The van der Waals surface area contributed by atoms with Crippen molar-refractivity contribution in [2.24, 2.45) is 0 Å². The van der Waals surface area contributed by atoms with E-state index >= 15 is 0 Å². The second kappa shape index (κ2) is 8.78. The van der Waals surface area contributed by atoms with Crippen LogP contribution in [0, 0.1) is 0 Å². The largest absolute Gasteiger partial charge is 0.486 e. The zero-order valence-corrected chi connectivity index (χ0v) is 17.9. The van der Waals surface area contributed by atoms with Crippen LogP contribution in [-0.2, 0) is 27.5 Å². The monoisotopic (exact) mass is 440 g/mol. The third kappa shape index (κ3) is 4.48. The summed E-state index contributed by atoms with van der Waals surface area (Å²) in [4.78, 5) is 30.7. The molecule has 2 amide bonds. The molecule has 31 heavy (non-hydrogen) atoms. The van der Waals surface area contributed by atoms with Crippen LogP contribution in [0.15, 0.2) is 36.0 Å². The number of imide groups is 1. The Balaban J connectivity index is 1.27. The Morgan fingerprint density at radius 2 is 2.10 bits per heavy atom. The molecule has 2 aromatic heterocycles. The van der Waals surface area contributed by atoms with Crippen LogP contribution in [0.1, 0.15) is 29.6 Å². The van der Waals surface area contributed by atoms with Crippen LogP contribution in [0.5, 0.6) is 5.75 Å². The molecule has 162 valence electrons. The predicted molar refractivity (Wildman–Crippen MR) is 116 cm³/mol. The second-order valence-electron chi connectivity index (χ2n) is 7.84. The normalized spacial score (nSPS) is 20.2. The lowest BCUT2D eigenvalue weighted by Crippen LogP contribution is -2.41. The molecule has 5 rings (SSSR count). The number of amides is 2. The zero-order chi connectivity index (χ0) is 21.2. The van der Waals surface area contributed by atoms with Crippen LogP contribution in [0.25, 0.3) is 10.8 Å². The van der Waals surface area contributed by atoms with Crippen LogP contribution in [0.4, 0.5) is 0 Å². The number of piperidine rings is 1. The number of hydrogen-bond donors (Lipinski definition) is 1. The molecule has 0 saturated carbocycles. The van der Waals surface area contributed by atoms with Gasteiger partial charge in [0.25, 0.3) is 0 Å². The molecule has 0 aliphatic carbocycles. The van der Waals surface area contributed by atoms with Crippen molar-refractivity contribution in [3.8, 4) is 5.75 Å². The molecular weight excluding hydrogens is 416 g/mol. The van der Waals surface area contributed by atoms with Crippen LogP contribution in [0.3, 0.4) is 0 Å². The Bertz CT molecular complexity index is 1100. The van der Waals surface area contributed by atoms with E-state index in [1.54, 1.807) is 11.3 Å². The molecule has 2 fully saturated rings. The Kier molecular flexibility index (Phi) is 5.71. The van der Waals surface area contributed by atoms with E-state index in [9.17, 15) is 9.59 Å². The van der Waals surface area contributed by atoms with Crippen LogP contribution < -0.4 is 10.1 Å². The van der Waals surface area contributed by atoms with Gasteiger partial charge in [0.2, 0.25) is 11.8 Å². The summed E-state index contributed by atoms with van der Waals surface area (Å²) in [5, 5.41) is 7.38. The first-order valence-corrected chi connectivity index (χ1v) is 11.3. The fraction of sp³-hybridized carbons (Fsp3) is 0.409. The average Bonchev–Trinajstić information content (AvgIpc) is 3.40. The van der Waals surface area contributed by atoms with Crippen molar-refractivity contribution in [1.82, 2.24) is 19.8 Å². The number of nitrogens with zero attached hydrogens (tertiary/aromatic N) is 3. The van der Waals surface area contributed by atoms with Crippen molar-refractivity contribution >= 4 is 33.9 Å². The van der Waals surface area contributed by atoms with E-state index in [1.165, 1.54) is 0 Å². The van der Waals surface area contributed by atoms with E-state index < -0.39 is 0 Å². The third-order valence-electron chi connectivity index (χ3n) is 5.68. The lowest BCUT2D eigenvalue weighted by molar-refractivity contribution is -0.135. The standard InChI is InChI=1S/C22H24N4O4S/c27-20-5-4-18(22(28)24-20)26-10-15-2-1-3-19(17(15)12-26)30-13-21-23-16(14-31-21)11-25-6-8-29-9-7-25/h1-3,10,12,14,18H,4-9,11,13H2,(H,24,27,28). The summed E-state index contributed by atoms with van der Waals surface area (Å²) in [7, 11) is 0. The number of ether oxygens (including phenoxy) is 2. The van der Waals surface area contributed by atoms with E-state index in [4.69, 9.17) is 14.5 Å². The van der Waals surface area contributed by atoms with Gasteiger partial charge >= 0.3 is 0 Å². The maximum absolute atomic E-state index is 12.2. The number of carbonyl (C=O) groups is 2. The van der Waals surface area contributed by atoms with Crippen LogP contribution in [0.2, 0.25) is 0 Å². The van der Waals surface area contributed by atoms with Gasteiger partial charge in [-0.15, -0.1) is 11.3 Å². The smallest absolute Gasteiger partial charge is 0.249 e. The molecule has 1 atom stereocenters. The van der Waals surface area contributed by atoms with Gasteiger partial charge in [-0.2, -0.15) is 0 Å². The highest BCUT2D eigenvalue weighted by Gasteiger charge is 2.28. The fourth-order valence-corrected chi connectivity index (χ4v) is 4.74. The molecule has 0 spiro atoms. The predicted octanol–water partition coefficient (Wildman–Crippen LogP) is 2.49. The quantitative estimate of drug-likeness (QED) is 0.593. The Morgan fingerprint density at radius 1 is 1.23 bits per heavy atom. The topological polar surface area (TPSA) is 85.7 Å². The van der Waals surface area contributed by atoms with E-state index in [-0.39, 0.29) is 17.9 Å². The van der Waals surface area contributed by atoms with E-state index in [0.29, 0.717) is 19.4 Å². The van der Waals surface area contributed by atoms with Gasteiger partial charge in [0.1, 0.15) is 23.4 Å². The maximum Gasteiger partial charge on any atom is 0.249 e. The summed E-state index contributed by atoms with van der Waals surface area (Å²) in [5.41, 5.74) is 1.06. The number of thiazole rings is 1. The molecule has 1 aromatic carbocycles. The molecule has 1 unspecified atom stereocenters. The summed E-state index contributed by atoms with van der Waals surface area (Å²) < 4.78 is 13.4. The van der Waals surface area contributed by atoms with Gasteiger partial charge in [-0.05, 0) is 12.5 Å². The van der Waals surface area contributed by atoms with Gasteiger partial charge in [0.05, 0.1) is 18.9 Å². The van der Waals surface area contributed by atoms with Crippen molar-refractivity contribution in [1.29, 1.82) is 0 Å². The molecule has 9 heteroatoms. The van der Waals surface area contributed by atoms with Crippen molar-refractivity contribution in [3.63, 3.8) is 0 Å². The number of morpholine rings is 1. The van der Waals surface area contributed by atoms with Gasteiger partial charge in [-0.1, -0.05) is 12.1 Å². The second-order valence-corrected chi connectivity index (χ2v) is 8.78. The molecule has 8 nitrogen and oxygen atoms in total. The van der Waals surface area contributed by atoms with Gasteiger partial charge in [-0.3, -0.25) is 19.8 Å².